The number of aryl methyl sites for hydroxylation is 1. The molecule has 7 heteroatoms. The van der Waals surface area contributed by atoms with Gasteiger partial charge in [-0.1, -0.05) is 24.3 Å². The van der Waals surface area contributed by atoms with Crippen molar-refractivity contribution in [2.75, 3.05) is 49.1 Å². The molecule has 7 nitrogen and oxygen atoms in total. The fraction of sp³-hybridized carbons (Fsp3) is 0.381. The molecule has 1 aromatic heterocycles. The maximum absolute atomic E-state index is 12.9. The number of pyridine rings is 1. The van der Waals surface area contributed by atoms with Gasteiger partial charge < -0.3 is 14.9 Å². The highest BCUT2D eigenvalue weighted by atomic mass is 16.4. The Morgan fingerprint density at radius 2 is 1.75 bits per heavy atom. The van der Waals surface area contributed by atoms with E-state index in [9.17, 15) is 9.59 Å². The van der Waals surface area contributed by atoms with Crippen LogP contribution in [0.15, 0.2) is 42.5 Å². The molecule has 146 valence electrons. The highest BCUT2D eigenvalue weighted by Gasteiger charge is 2.26. The summed E-state index contributed by atoms with van der Waals surface area (Å²) >= 11 is 0. The Labute approximate surface area is 164 Å². The van der Waals surface area contributed by atoms with Crippen molar-refractivity contribution in [1.82, 2.24) is 9.88 Å². The van der Waals surface area contributed by atoms with Crippen molar-refractivity contribution >= 4 is 23.4 Å². The number of rotatable bonds is 4. The number of anilines is 2. The SMILES string of the molecule is O=C(O)c1cccc(N2CCN(CC(=O)N3CCCc4ccccc43)CC2)n1. The minimum Gasteiger partial charge on any atom is -0.477 e. The van der Waals surface area contributed by atoms with Crippen molar-refractivity contribution in [1.29, 1.82) is 0 Å². The fourth-order valence-corrected chi connectivity index (χ4v) is 3.92. The zero-order valence-electron chi connectivity index (χ0n) is 15.8. The van der Waals surface area contributed by atoms with Crippen molar-refractivity contribution < 1.29 is 14.7 Å². The summed E-state index contributed by atoms with van der Waals surface area (Å²) in [6.07, 6.45) is 2.03. The number of para-hydroxylation sites is 1. The Morgan fingerprint density at radius 3 is 2.54 bits per heavy atom. The van der Waals surface area contributed by atoms with Crippen LogP contribution in [-0.4, -0.2) is 66.1 Å². The molecule has 0 saturated carbocycles. The van der Waals surface area contributed by atoms with E-state index >= 15 is 0 Å². The van der Waals surface area contributed by atoms with Crippen LogP contribution >= 0.6 is 0 Å². The second-order valence-corrected chi connectivity index (χ2v) is 7.23. The largest absolute Gasteiger partial charge is 0.477 e. The Morgan fingerprint density at radius 1 is 0.964 bits per heavy atom. The molecule has 0 spiro atoms. The molecule has 4 rings (SSSR count). The zero-order chi connectivity index (χ0) is 19.5. The minimum atomic E-state index is -1.02. The summed E-state index contributed by atoms with van der Waals surface area (Å²) in [5.41, 5.74) is 2.35. The molecule has 0 unspecified atom stereocenters. The number of fused-ring (bicyclic) bond motifs is 1. The lowest BCUT2D eigenvalue weighted by Gasteiger charge is -2.37. The summed E-state index contributed by atoms with van der Waals surface area (Å²) < 4.78 is 0. The molecular formula is C21H24N4O3. The molecule has 2 aliphatic rings. The van der Waals surface area contributed by atoms with Gasteiger partial charge in [0.1, 0.15) is 5.82 Å². The van der Waals surface area contributed by atoms with E-state index in [1.165, 1.54) is 11.6 Å². The molecule has 1 amide bonds. The van der Waals surface area contributed by atoms with E-state index in [0.29, 0.717) is 12.4 Å². The summed E-state index contributed by atoms with van der Waals surface area (Å²) in [4.78, 5) is 34.4. The summed E-state index contributed by atoms with van der Waals surface area (Å²) in [5, 5.41) is 9.11. The normalized spacial score (nSPS) is 17.3. The second kappa shape index (κ2) is 7.98. The zero-order valence-corrected chi connectivity index (χ0v) is 15.8. The van der Waals surface area contributed by atoms with E-state index in [4.69, 9.17) is 5.11 Å². The van der Waals surface area contributed by atoms with E-state index in [1.807, 2.05) is 29.2 Å². The number of carboxylic acids is 1. The number of hydrogen-bond donors (Lipinski definition) is 1. The van der Waals surface area contributed by atoms with Gasteiger partial charge in [-0.05, 0) is 36.6 Å². The molecule has 0 radical (unpaired) electrons. The first kappa shape index (κ1) is 18.4. The van der Waals surface area contributed by atoms with E-state index in [-0.39, 0.29) is 11.6 Å². The van der Waals surface area contributed by atoms with Gasteiger partial charge in [0.15, 0.2) is 5.69 Å². The van der Waals surface area contributed by atoms with E-state index in [2.05, 4.69) is 20.9 Å². The van der Waals surface area contributed by atoms with Gasteiger partial charge >= 0.3 is 5.97 Å². The van der Waals surface area contributed by atoms with E-state index < -0.39 is 5.97 Å². The maximum atomic E-state index is 12.9. The summed E-state index contributed by atoms with van der Waals surface area (Å²) in [5.74, 6) is -0.199. The average molecular weight is 380 g/mol. The van der Waals surface area contributed by atoms with Crippen LogP contribution in [0.1, 0.15) is 22.5 Å². The van der Waals surface area contributed by atoms with Crippen LogP contribution in [-0.2, 0) is 11.2 Å². The molecule has 28 heavy (non-hydrogen) atoms. The monoisotopic (exact) mass is 380 g/mol. The quantitative estimate of drug-likeness (QED) is 0.873. The Bertz CT molecular complexity index is 877. The molecule has 1 saturated heterocycles. The number of carbonyl (C=O) groups excluding carboxylic acids is 1. The van der Waals surface area contributed by atoms with Gasteiger partial charge in [0.05, 0.1) is 6.54 Å². The third-order valence-corrected chi connectivity index (χ3v) is 5.42. The minimum absolute atomic E-state index is 0.0545. The number of aromatic nitrogens is 1. The average Bonchev–Trinajstić information content (AvgIpc) is 2.74. The van der Waals surface area contributed by atoms with Crippen LogP contribution in [0, 0.1) is 0 Å². The van der Waals surface area contributed by atoms with E-state index in [0.717, 1.165) is 51.3 Å². The summed E-state index contributed by atoms with van der Waals surface area (Å²) in [6, 6.07) is 13.2. The molecule has 2 aliphatic heterocycles. The molecule has 1 aromatic carbocycles. The molecular weight excluding hydrogens is 356 g/mol. The Balaban J connectivity index is 1.36. The van der Waals surface area contributed by atoms with Crippen LogP contribution in [0.25, 0.3) is 0 Å². The first-order valence-electron chi connectivity index (χ1n) is 9.68. The molecule has 1 N–H and O–H groups in total. The number of piperazine rings is 1. The summed E-state index contributed by atoms with van der Waals surface area (Å²) in [7, 11) is 0. The van der Waals surface area contributed by atoms with Gasteiger partial charge in [0, 0.05) is 38.4 Å². The Kier molecular flexibility index (Phi) is 5.25. The van der Waals surface area contributed by atoms with Crippen molar-refractivity contribution in [3.05, 3.63) is 53.7 Å². The smallest absolute Gasteiger partial charge is 0.354 e. The maximum Gasteiger partial charge on any atom is 0.354 e. The highest BCUT2D eigenvalue weighted by molar-refractivity contribution is 5.96. The molecule has 0 atom stereocenters. The lowest BCUT2D eigenvalue weighted by molar-refractivity contribution is -0.119. The molecule has 2 aromatic rings. The molecule has 3 heterocycles. The van der Waals surface area contributed by atoms with E-state index in [1.54, 1.807) is 6.07 Å². The summed E-state index contributed by atoms with van der Waals surface area (Å²) in [6.45, 7) is 4.13. The van der Waals surface area contributed by atoms with Crippen molar-refractivity contribution in [3.8, 4) is 0 Å². The number of carbonyl (C=O) groups is 2. The number of nitrogens with zero attached hydrogens (tertiary/aromatic N) is 4. The topological polar surface area (TPSA) is 77.0 Å². The standard InChI is InChI=1S/C21H24N4O3/c26-20(25-10-4-6-16-5-1-2-8-18(16)25)15-23-11-13-24(14-12-23)19-9-3-7-17(22-19)21(27)28/h1-3,5,7-9H,4,6,10-15H2,(H,27,28). The van der Waals surface area contributed by atoms with Crippen LogP contribution in [0.2, 0.25) is 0 Å². The van der Waals surface area contributed by atoms with Gasteiger partial charge in [-0.3, -0.25) is 9.69 Å². The van der Waals surface area contributed by atoms with Gasteiger partial charge in [-0.25, -0.2) is 9.78 Å². The lowest BCUT2D eigenvalue weighted by atomic mass is 10.0. The predicted octanol–water partition coefficient (Wildman–Crippen LogP) is 1.88. The molecule has 1 fully saturated rings. The predicted molar refractivity (Wildman–Crippen MR) is 107 cm³/mol. The van der Waals surface area contributed by atoms with Crippen molar-refractivity contribution in [2.24, 2.45) is 0 Å². The number of aromatic carboxylic acids is 1. The van der Waals surface area contributed by atoms with Gasteiger partial charge in [0.25, 0.3) is 0 Å². The molecule has 0 aliphatic carbocycles. The number of benzene rings is 1. The fourth-order valence-electron chi connectivity index (χ4n) is 3.92. The lowest BCUT2D eigenvalue weighted by Crippen LogP contribution is -2.51. The third kappa shape index (κ3) is 3.84. The van der Waals surface area contributed by atoms with Crippen LogP contribution in [0.3, 0.4) is 0 Å². The van der Waals surface area contributed by atoms with Crippen molar-refractivity contribution in [2.45, 2.75) is 12.8 Å². The van der Waals surface area contributed by atoms with Crippen molar-refractivity contribution in [3.63, 3.8) is 0 Å². The Hall–Kier alpha value is -2.93. The van der Waals surface area contributed by atoms with Gasteiger partial charge in [-0.15, -0.1) is 0 Å². The number of hydrogen-bond acceptors (Lipinski definition) is 5. The van der Waals surface area contributed by atoms with Gasteiger partial charge in [-0.2, -0.15) is 0 Å². The number of carboxylic acid groups (broad SMARTS) is 1. The first-order chi connectivity index (χ1) is 13.6. The van der Waals surface area contributed by atoms with Gasteiger partial charge in [0.2, 0.25) is 5.91 Å². The third-order valence-electron chi connectivity index (χ3n) is 5.42. The van der Waals surface area contributed by atoms with Crippen LogP contribution < -0.4 is 9.80 Å². The number of amides is 1. The highest BCUT2D eigenvalue weighted by Crippen LogP contribution is 2.27. The van der Waals surface area contributed by atoms with Crippen LogP contribution in [0.4, 0.5) is 11.5 Å². The first-order valence-corrected chi connectivity index (χ1v) is 9.68. The molecule has 0 bridgehead atoms. The second-order valence-electron chi connectivity index (χ2n) is 7.23. The van der Waals surface area contributed by atoms with Crippen LogP contribution in [0.5, 0.6) is 0 Å².